The molecule has 78 valence electrons. The molecule has 15 heavy (non-hydrogen) atoms. The molecule has 2 rings (SSSR count). The van der Waals surface area contributed by atoms with Gasteiger partial charge in [-0.3, -0.25) is 9.36 Å². The fraction of sp³-hybridized carbons (Fsp3) is 0.200. The Morgan fingerprint density at radius 1 is 1.40 bits per heavy atom. The van der Waals surface area contributed by atoms with Crippen molar-refractivity contribution in [3.63, 3.8) is 0 Å². The van der Waals surface area contributed by atoms with Crippen LogP contribution in [0.5, 0.6) is 0 Å². The van der Waals surface area contributed by atoms with Crippen LogP contribution in [0.3, 0.4) is 0 Å². The van der Waals surface area contributed by atoms with Crippen molar-refractivity contribution in [1.82, 2.24) is 4.57 Å². The van der Waals surface area contributed by atoms with Crippen molar-refractivity contribution in [2.75, 3.05) is 0 Å². The van der Waals surface area contributed by atoms with E-state index in [1.165, 1.54) is 4.57 Å². The highest BCUT2D eigenvalue weighted by Gasteiger charge is 2.09. The van der Waals surface area contributed by atoms with Crippen molar-refractivity contribution in [3.8, 4) is 0 Å². The van der Waals surface area contributed by atoms with E-state index in [1.54, 1.807) is 24.3 Å². The molecule has 0 amide bonds. The third kappa shape index (κ3) is 1.76. The summed E-state index contributed by atoms with van der Waals surface area (Å²) in [7, 11) is 0. The molecular formula is C10H9NO4. The van der Waals surface area contributed by atoms with Crippen LogP contribution in [0, 0.1) is 0 Å². The molecule has 0 aliphatic heterocycles. The number of nitrogens with zero attached hydrogens (tertiary/aromatic N) is 1. The Bertz CT molecular complexity index is 552. The minimum Gasteiger partial charge on any atom is -0.481 e. The Balaban J connectivity index is 2.45. The van der Waals surface area contributed by atoms with Crippen molar-refractivity contribution in [2.24, 2.45) is 0 Å². The van der Waals surface area contributed by atoms with Crippen molar-refractivity contribution in [1.29, 1.82) is 0 Å². The fourth-order valence-corrected chi connectivity index (χ4v) is 1.43. The van der Waals surface area contributed by atoms with Crippen LogP contribution >= 0.6 is 0 Å². The van der Waals surface area contributed by atoms with Crippen molar-refractivity contribution < 1.29 is 14.3 Å². The number of rotatable bonds is 3. The highest BCUT2D eigenvalue weighted by molar-refractivity contribution is 5.73. The maximum atomic E-state index is 11.4. The minimum atomic E-state index is -0.938. The number of hydrogen-bond donors (Lipinski definition) is 1. The number of carboxylic acids is 1. The van der Waals surface area contributed by atoms with Gasteiger partial charge in [-0.1, -0.05) is 12.1 Å². The molecule has 1 aromatic heterocycles. The Kier molecular flexibility index (Phi) is 2.29. The number of carboxylic acid groups (broad SMARTS) is 1. The van der Waals surface area contributed by atoms with Gasteiger partial charge in [0.1, 0.15) is 0 Å². The summed E-state index contributed by atoms with van der Waals surface area (Å²) < 4.78 is 6.27. The molecule has 0 bridgehead atoms. The van der Waals surface area contributed by atoms with Crippen LogP contribution in [0.1, 0.15) is 6.42 Å². The zero-order chi connectivity index (χ0) is 10.8. The highest BCUT2D eigenvalue weighted by atomic mass is 16.4. The molecule has 1 aromatic carbocycles. The van der Waals surface area contributed by atoms with Crippen molar-refractivity contribution in [3.05, 3.63) is 34.8 Å². The summed E-state index contributed by atoms with van der Waals surface area (Å²) in [6.45, 7) is 0.130. The first-order valence-corrected chi connectivity index (χ1v) is 4.48. The summed E-state index contributed by atoms with van der Waals surface area (Å²) >= 11 is 0. The number of para-hydroxylation sites is 2. The van der Waals surface area contributed by atoms with Crippen LogP contribution < -0.4 is 5.76 Å². The average molecular weight is 207 g/mol. The molecule has 0 aliphatic carbocycles. The van der Waals surface area contributed by atoms with E-state index in [4.69, 9.17) is 9.52 Å². The summed E-state index contributed by atoms with van der Waals surface area (Å²) in [6.07, 6.45) is -0.0938. The maximum Gasteiger partial charge on any atom is 0.419 e. The Labute approximate surface area is 84.5 Å². The first kappa shape index (κ1) is 9.51. The summed E-state index contributed by atoms with van der Waals surface area (Å²) in [6, 6.07) is 6.93. The predicted octanol–water partition coefficient (Wildman–Crippen LogP) is 1.07. The van der Waals surface area contributed by atoms with Gasteiger partial charge in [0.2, 0.25) is 0 Å². The summed E-state index contributed by atoms with van der Waals surface area (Å²) in [5, 5.41) is 8.53. The Morgan fingerprint density at radius 2 is 2.13 bits per heavy atom. The molecule has 5 heteroatoms. The SMILES string of the molecule is O=C(O)CCn1c(=O)oc2ccccc21. The van der Waals surface area contributed by atoms with Crippen LogP contribution in [0.25, 0.3) is 11.1 Å². The second-order valence-electron chi connectivity index (χ2n) is 3.13. The molecule has 0 unspecified atom stereocenters. The second-order valence-corrected chi connectivity index (χ2v) is 3.13. The van der Waals surface area contributed by atoms with Gasteiger partial charge in [0.05, 0.1) is 11.9 Å². The van der Waals surface area contributed by atoms with Crippen LogP contribution in [0.4, 0.5) is 0 Å². The molecule has 0 spiro atoms. The van der Waals surface area contributed by atoms with Gasteiger partial charge < -0.3 is 9.52 Å². The molecule has 0 saturated carbocycles. The van der Waals surface area contributed by atoms with Gasteiger partial charge in [-0.15, -0.1) is 0 Å². The number of aryl methyl sites for hydroxylation is 1. The number of benzene rings is 1. The van der Waals surface area contributed by atoms with E-state index in [1.807, 2.05) is 0 Å². The molecule has 0 aliphatic rings. The lowest BCUT2D eigenvalue weighted by atomic mass is 10.3. The normalized spacial score (nSPS) is 10.7. The third-order valence-electron chi connectivity index (χ3n) is 2.12. The van der Waals surface area contributed by atoms with Gasteiger partial charge in [0.25, 0.3) is 0 Å². The van der Waals surface area contributed by atoms with E-state index in [9.17, 15) is 9.59 Å². The summed E-state index contributed by atoms with van der Waals surface area (Å²) in [5.74, 6) is -1.45. The lowest BCUT2D eigenvalue weighted by Crippen LogP contribution is -2.16. The molecule has 2 aromatic rings. The maximum absolute atomic E-state index is 11.4. The average Bonchev–Trinajstić information content (AvgIpc) is 2.50. The smallest absolute Gasteiger partial charge is 0.419 e. The van der Waals surface area contributed by atoms with E-state index < -0.39 is 11.7 Å². The highest BCUT2D eigenvalue weighted by Crippen LogP contribution is 2.11. The largest absolute Gasteiger partial charge is 0.481 e. The first-order chi connectivity index (χ1) is 7.18. The first-order valence-electron chi connectivity index (χ1n) is 4.48. The van der Waals surface area contributed by atoms with E-state index in [2.05, 4.69) is 0 Å². The van der Waals surface area contributed by atoms with Gasteiger partial charge in [-0.25, -0.2) is 4.79 Å². The molecule has 5 nitrogen and oxygen atoms in total. The van der Waals surface area contributed by atoms with Gasteiger partial charge in [0.15, 0.2) is 5.58 Å². The number of fused-ring (bicyclic) bond motifs is 1. The van der Waals surface area contributed by atoms with Crippen LogP contribution in [-0.2, 0) is 11.3 Å². The van der Waals surface area contributed by atoms with Crippen molar-refractivity contribution >= 4 is 17.1 Å². The molecule has 1 N–H and O–H groups in total. The van der Waals surface area contributed by atoms with Gasteiger partial charge in [-0.2, -0.15) is 0 Å². The molecule has 0 radical (unpaired) electrons. The summed E-state index contributed by atoms with van der Waals surface area (Å²) in [5.41, 5.74) is 1.11. The monoisotopic (exact) mass is 207 g/mol. The van der Waals surface area contributed by atoms with Gasteiger partial charge in [-0.05, 0) is 12.1 Å². The number of aliphatic carboxylic acids is 1. The topological polar surface area (TPSA) is 72.4 Å². The second kappa shape index (κ2) is 3.61. The quantitative estimate of drug-likeness (QED) is 0.817. The predicted molar refractivity (Wildman–Crippen MR) is 52.7 cm³/mol. The number of oxazole rings is 1. The summed E-state index contributed by atoms with van der Waals surface area (Å²) in [4.78, 5) is 21.8. The number of carbonyl (C=O) groups is 1. The Hall–Kier alpha value is -2.04. The Morgan fingerprint density at radius 3 is 2.87 bits per heavy atom. The molecular weight excluding hydrogens is 198 g/mol. The lowest BCUT2D eigenvalue weighted by molar-refractivity contribution is -0.137. The number of aromatic nitrogens is 1. The van der Waals surface area contributed by atoms with Crippen LogP contribution in [0.15, 0.2) is 33.5 Å². The van der Waals surface area contributed by atoms with Gasteiger partial charge in [0, 0.05) is 6.54 Å². The van der Waals surface area contributed by atoms with E-state index in [0.29, 0.717) is 11.1 Å². The standard InChI is InChI=1S/C10H9NO4/c12-9(13)5-6-11-7-3-1-2-4-8(7)15-10(11)14/h1-4H,5-6H2,(H,12,13). The molecule has 0 saturated heterocycles. The molecule has 1 heterocycles. The number of hydrogen-bond acceptors (Lipinski definition) is 3. The third-order valence-corrected chi connectivity index (χ3v) is 2.12. The fourth-order valence-electron chi connectivity index (χ4n) is 1.43. The zero-order valence-electron chi connectivity index (χ0n) is 7.84. The van der Waals surface area contributed by atoms with Crippen molar-refractivity contribution in [2.45, 2.75) is 13.0 Å². The van der Waals surface area contributed by atoms with E-state index >= 15 is 0 Å². The van der Waals surface area contributed by atoms with Crippen LogP contribution in [-0.4, -0.2) is 15.6 Å². The molecule has 0 fully saturated rings. The van der Waals surface area contributed by atoms with E-state index in [0.717, 1.165) is 0 Å². The van der Waals surface area contributed by atoms with Crippen LogP contribution in [0.2, 0.25) is 0 Å². The lowest BCUT2D eigenvalue weighted by Gasteiger charge is -1.97. The van der Waals surface area contributed by atoms with Gasteiger partial charge >= 0.3 is 11.7 Å². The van der Waals surface area contributed by atoms with E-state index in [-0.39, 0.29) is 13.0 Å². The molecule has 0 atom stereocenters. The zero-order valence-corrected chi connectivity index (χ0v) is 7.84. The minimum absolute atomic E-state index is 0.0938.